The van der Waals surface area contributed by atoms with Crippen molar-refractivity contribution in [2.75, 3.05) is 13.2 Å². The first-order valence-electron chi connectivity index (χ1n) is 19.4. The second-order valence-corrected chi connectivity index (χ2v) is 13.8. The number of aromatic hydroxyl groups is 1. The van der Waals surface area contributed by atoms with E-state index in [1.54, 1.807) is 12.3 Å². The normalized spacial score (nSPS) is 17.6. The molecule has 286 valence electrons. The fourth-order valence-electron chi connectivity index (χ4n) is 6.61. The van der Waals surface area contributed by atoms with Crippen LogP contribution < -0.4 is 4.74 Å². The maximum atomic E-state index is 10.8. The van der Waals surface area contributed by atoms with E-state index >= 15 is 0 Å². The highest BCUT2D eigenvalue weighted by molar-refractivity contribution is 5.79. The molecule has 1 aliphatic heterocycles. The van der Waals surface area contributed by atoms with Gasteiger partial charge in [0.2, 0.25) is 0 Å². The lowest BCUT2D eigenvalue weighted by molar-refractivity contribution is -0.241. The minimum Gasteiger partial charge on any atom is -0.508 e. The summed E-state index contributed by atoms with van der Waals surface area (Å²) in [6, 6.07) is 19.5. The molecular weight excluding hydrogens is 670 g/mol. The van der Waals surface area contributed by atoms with E-state index in [9.17, 15) is 14.7 Å². The number of para-hydroxylation sites is 1. The molecule has 4 rings (SSSR count). The number of carboxylic acids is 2. The third-order valence-electron chi connectivity index (χ3n) is 9.53. The highest BCUT2D eigenvalue weighted by atomic mass is 16.7. The molecule has 3 atom stereocenters. The van der Waals surface area contributed by atoms with Gasteiger partial charge in [-0.15, -0.1) is 0 Å². The van der Waals surface area contributed by atoms with Gasteiger partial charge in [-0.05, 0) is 86.8 Å². The van der Waals surface area contributed by atoms with E-state index in [-0.39, 0.29) is 36.9 Å². The Bertz CT molecular complexity index is 1560. The van der Waals surface area contributed by atoms with Crippen LogP contribution in [0.15, 0.2) is 91.3 Å². The van der Waals surface area contributed by atoms with Crippen LogP contribution in [0, 0.1) is 5.92 Å². The first-order chi connectivity index (χ1) is 25.9. The molecule has 9 nitrogen and oxygen atoms in total. The number of hydrogen-bond donors (Lipinski definition) is 3. The number of unbranched alkanes of at least 4 members (excludes halogenated alkanes) is 9. The van der Waals surface area contributed by atoms with Gasteiger partial charge in [0.1, 0.15) is 11.5 Å². The number of aliphatic carboxylic acids is 2. The Morgan fingerprint density at radius 3 is 2.23 bits per heavy atom. The van der Waals surface area contributed by atoms with Gasteiger partial charge in [0.25, 0.3) is 0 Å². The van der Waals surface area contributed by atoms with Crippen LogP contribution in [0.4, 0.5) is 0 Å². The van der Waals surface area contributed by atoms with Gasteiger partial charge in [-0.3, -0.25) is 14.6 Å². The van der Waals surface area contributed by atoms with Gasteiger partial charge in [-0.1, -0.05) is 93.2 Å². The average Bonchev–Trinajstić information content (AvgIpc) is 3.16. The lowest BCUT2D eigenvalue weighted by Gasteiger charge is -2.37. The van der Waals surface area contributed by atoms with Crippen molar-refractivity contribution in [1.29, 1.82) is 0 Å². The van der Waals surface area contributed by atoms with Gasteiger partial charge in [-0.2, -0.15) is 0 Å². The molecule has 1 aromatic heterocycles. The lowest BCUT2D eigenvalue weighted by atomic mass is 9.91. The molecule has 2 aromatic carbocycles. The number of ether oxygens (including phenoxy) is 3. The van der Waals surface area contributed by atoms with E-state index in [1.165, 1.54) is 25.7 Å². The summed E-state index contributed by atoms with van der Waals surface area (Å²) >= 11 is 0. The Hall–Kier alpha value is -4.47. The Kier molecular flexibility index (Phi) is 18.7. The maximum Gasteiger partial charge on any atom is 0.303 e. The second kappa shape index (κ2) is 24.0. The van der Waals surface area contributed by atoms with E-state index in [2.05, 4.69) is 23.2 Å². The van der Waals surface area contributed by atoms with Crippen LogP contribution in [0.5, 0.6) is 11.5 Å². The van der Waals surface area contributed by atoms with Gasteiger partial charge in [0, 0.05) is 42.3 Å². The number of rotatable bonds is 25. The van der Waals surface area contributed by atoms with Crippen molar-refractivity contribution in [1.82, 2.24) is 4.98 Å². The van der Waals surface area contributed by atoms with Gasteiger partial charge in [0.05, 0.1) is 19.3 Å². The third kappa shape index (κ3) is 15.6. The Labute approximate surface area is 314 Å². The maximum absolute atomic E-state index is 10.8. The minimum atomic E-state index is -0.804. The van der Waals surface area contributed by atoms with Crippen molar-refractivity contribution >= 4 is 17.5 Å². The van der Waals surface area contributed by atoms with Crippen LogP contribution in [0.25, 0.3) is 5.57 Å². The fraction of sp³-hybridized carbons (Fsp3) is 0.477. The molecule has 1 aliphatic rings. The summed E-state index contributed by atoms with van der Waals surface area (Å²) in [5.74, 6) is -0.430. The molecule has 0 unspecified atom stereocenters. The van der Waals surface area contributed by atoms with E-state index in [0.29, 0.717) is 32.5 Å². The van der Waals surface area contributed by atoms with Crippen LogP contribution >= 0.6 is 0 Å². The van der Waals surface area contributed by atoms with E-state index in [4.69, 9.17) is 24.4 Å². The number of aromatic nitrogens is 1. The summed E-state index contributed by atoms with van der Waals surface area (Å²) in [5.41, 5.74) is 4.00. The lowest BCUT2D eigenvalue weighted by Crippen LogP contribution is -2.34. The number of nitrogens with zero attached hydrogens (tertiary/aromatic N) is 1. The topological polar surface area (TPSA) is 135 Å². The smallest absolute Gasteiger partial charge is 0.303 e. The SMILES string of the molecule is O=C(O)CC/C=C\C[C@@H]1CO[C@H](CCCCCCCCCCOc2ccc(/C(=C\CCCCC(=O)O)c3cccnc3)cc2)O[C@@H]1c1ccccc1O. The largest absolute Gasteiger partial charge is 0.508 e. The standard InChI is InChI=1S/C44H57NO8/c46-40-22-15-14-21-39(40)44-36(18-9-7-11-23-41(47)48)33-52-43(53-44)25-13-5-3-1-2-4-6-16-31-51-37-28-26-34(27-29-37)38(35-19-17-30-45-32-35)20-10-8-12-24-42(49)50/h7,9,14-15,17,19-22,26-30,32,36,43-44,46H,1-6,8,10-13,16,18,23-25,31,33H2,(H,47,48)(H,49,50)/b9-7-,38-20+/t36-,43+,44+/m1/s1. The summed E-state index contributed by atoms with van der Waals surface area (Å²) in [6.07, 6.45) is 22.8. The van der Waals surface area contributed by atoms with Crippen LogP contribution in [0.1, 0.15) is 126 Å². The predicted molar refractivity (Wildman–Crippen MR) is 207 cm³/mol. The number of allylic oxidation sites excluding steroid dienone is 3. The van der Waals surface area contributed by atoms with Crippen molar-refractivity contribution in [2.45, 2.75) is 115 Å². The molecule has 2 heterocycles. The summed E-state index contributed by atoms with van der Waals surface area (Å²) < 4.78 is 18.5. The Balaban J connectivity index is 1.08. The minimum absolute atomic E-state index is 0.0419. The molecule has 0 aliphatic carbocycles. The number of benzene rings is 2. The zero-order valence-electron chi connectivity index (χ0n) is 31.0. The van der Waals surface area contributed by atoms with Gasteiger partial charge < -0.3 is 29.5 Å². The van der Waals surface area contributed by atoms with E-state index < -0.39 is 11.9 Å². The molecule has 9 heteroatoms. The molecule has 0 amide bonds. The first kappa shape index (κ1) is 41.3. The molecule has 0 bridgehead atoms. The zero-order chi connectivity index (χ0) is 37.5. The molecule has 3 N–H and O–H groups in total. The summed E-state index contributed by atoms with van der Waals surface area (Å²) in [6.45, 7) is 1.23. The third-order valence-corrected chi connectivity index (χ3v) is 9.53. The van der Waals surface area contributed by atoms with Crippen LogP contribution in [-0.4, -0.2) is 51.7 Å². The highest BCUT2D eigenvalue weighted by Crippen LogP contribution is 2.39. The summed E-state index contributed by atoms with van der Waals surface area (Å²) in [4.78, 5) is 25.9. The van der Waals surface area contributed by atoms with E-state index in [0.717, 1.165) is 73.0 Å². The molecular formula is C44H57NO8. The Morgan fingerprint density at radius 2 is 1.51 bits per heavy atom. The quantitative estimate of drug-likeness (QED) is 0.0575. The number of carbonyl (C=O) groups is 2. The van der Waals surface area contributed by atoms with Crippen molar-refractivity contribution < 1.29 is 39.1 Å². The van der Waals surface area contributed by atoms with Crippen molar-refractivity contribution in [3.63, 3.8) is 0 Å². The number of carboxylic acid groups (broad SMARTS) is 2. The summed E-state index contributed by atoms with van der Waals surface area (Å²) in [5, 5.41) is 28.3. The van der Waals surface area contributed by atoms with Gasteiger partial charge in [0.15, 0.2) is 6.29 Å². The highest BCUT2D eigenvalue weighted by Gasteiger charge is 2.33. The van der Waals surface area contributed by atoms with Gasteiger partial charge >= 0.3 is 11.9 Å². The number of phenolic OH excluding ortho intramolecular Hbond substituents is 1. The molecule has 1 saturated heterocycles. The second-order valence-electron chi connectivity index (χ2n) is 13.8. The number of hydrogen-bond acceptors (Lipinski definition) is 7. The van der Waals surface area contributed by atoms with E-state index in [1.807, 2.05) is 60.8 Å². The molecule has 1 fully saturated rings. The zero-order valence-corrected chi connectivity index (χ0v) is 31.0. The molecule has 0 saturated carbocycles. The monoisotopic (exact) mass is 727 g/mol. The first-order valence-corrected chi connectivity index (χ1v) is 19.4. The Morgan fingerprint density at radius 1 is 0.774 bits per heavy atom. The molecule has 3 aromatic rings. The average molecular weight is 728 g/mol. The summed E-state index contributed by atoms with van der Waals surface area (Å²) in [7, 11) is 0. The number of pyridine rings is 1. The fourth-order valence-corrected chi connectivity index (χ4v) is 6.61. The van der Waals surface area contributed by atoms with Gasteiger partial charge in [-0.25, -0.2) is 0 Å². The predicted octanol–water partition coefficient (Wildman–Crippen LogP) is 10.3. The van der Waals surface area contributed by atoms with Crippen LogP contribution in [0.2, 0.25) is 0 Å². The molecule has 53 heavy (non-hydrogen) atoms. The van der Waals surface area contributed by atoms with Crippen molar-refractivity contribution in [3.05, 3.63) is 108 Å². The van der Waals surface area contributed by atoms with Crippen LogP contribution in [-0.2, 0) is 19.1 Å². The molecule has 0 spiro atoms. The molecule has 0 radical (unpaired) electrons. The van der Waals surface area contributed by atoms with Crippen molar-refractivity contribution in [2.24, 2.45) is 5.92 Å². The van der Waals surface area contributed by atoms with Crippen LogP contribution in [0.3, 0.4) is 0 Å². The van der Waals surface area contributed by atoms with Crippen molar-refractivity contribution in [3.8, 4) is 11.5 Å². The number of phenols is 1.